The van der Waals surface area contributed by atoms with Gasteiger partial charge in [0.15, 0.2) is 0 Å². The second-order valence-electron chi connectivity index (χ2n) is 5.22. The Morgan fingerprint density at radius 2 is 2.00 bits per heavy atom. The predicted molar refractivity (Wildman–Crippen MR) is 73.8 cm³/mol. The van der Waals surface area contributed by atoms with Crippen LogP contribution in [0.5, 0.6) is 5.75 Å². The summed E-state index contributed by atoms with van der Waals surface area (Å²) in [4.78, 5) is 0. The first-order valence-electron chi connectivity index (χ1n) is 6.98. The lowest BCUT2D eigenvalue weighted by molar-refractivity contribution is -0.0183. The van der Waals surface area contributed by atoms with Crippen LogP contribution in [0, 0.1) is 23.2 Å². The second-order valence-corrected chi connectivity index (χ2v) is 5.22. The number of hydrogen-bond donors (Lipinski definition) is 0. The Balaban J connectivity index is 1.71. The van der Waals surface area contributed by atoms with E-state index in [2.05, 4.69) is 13.0 Å². The minimum Gasteiger partial charge on any atom is -0.491 e. The number of para-hydroxylation sites is 1. The van der Waals surface area contributed by atoms with Gasteiger partial charge in [-0.2, -0.15) is 5.26 Å². The molecule has 1 fully saturated rings. The van der Waals surface area contributed by atoms with Crippen molar-refractivity contribution in [3.8, 4) is 11.8 Å². The average molecular weight is 259 g/mol. The maximum Gasteiger partial charge on any atom is 0.119 e. The Bertz CT molecular complexity index is 413. The lowest BCUT2D eigenvalue weighted by Gasteiger charge is -2.30. The van der Waals surface area contributed by atoms with Crippen LogP contribution in [0.15, 0.2) is 30.3 Å². The van der Waals surface area contributed by atoms with E-state index in [0.29, 0.717) is 19.1 Å². The molecule has 1 saturated carbocycles. The fraction of sp³-hybridized carbons (Fsp3) is 0.562. The molecule has 3 unspecified atom stereocenters. The number of benzene rings is 1. The van der Waals surface area contributed by atoms with Crippen molar-refractivity contribution >= 4 is 0 Å². The summed E-state index contributed by atoms with van der Waals surface area (Å²) in [6, 6.07) is 12.1. The Morgan fingerprint density at radius 1 is 1.21 bits per heavy atom. The fourth-order valence-corrected chi connectivity index (χ4v) is 2.54. The second kappa shape index (κ2) is 7.16. The zero-order valence-corrected chi connectivity index (χ0v) is 11.4. The molecule has 0 aromatic heterocycles. The molecule has 1 aliphatic rings. The van der Waals surface area contributed by atoms with Crippen molar-refractivity contribution in [3.05, 3.63) is 30.3 Å². The Kier molecular flexibility index (Phi) is 5.23. The van der Waals surface area contributed by atoms with E-state index in [-0.39, 0.29) is 12.0 Å². The highest BCUT2D eigenvalue weighted by atomic mass is 16.5. The van der Waals surface area contributed by atoms with E-state index in [4.69, 9.17) is 14.7 Å². The van der Waals surface area contributed by atoms with Crippen LogP contribution in [-0.4, -0.2) is 19.3 Å². The van der Waals surface area contributed by atoms with Gasteiger partial charge >= 0.3 is 0 Å². The van der Waals surface area contributed by atoms with Crippen LogP contribution < -0.4 is 4.74 Å². The molecule has 1 aromatic rings. The molecule has 2 rings (SSSR count). The molecule has 3 heteroatoms. The average Bonchev–Trinajstić information content (AvgIpc) is 2.45. The van der Waals surface area contributed by atoms with Crippen molar-refractivity contribution in [2.45, 2.75) is 32.3 Å². The molecule has 0 N–H and O–H groups in total. The Hall–Kier alpha value is -1.53. The van der Waals surface area contributed by atoms with Crippen LogP contribution in [0.2, 0.25) is 0 Å². The quantitative estimate of drug-likeness (QED) is 0.761. The van der Waals surface area contributed by atoms with Gasteiger partial charge in [0.2, 0.25) is 0 Å². The minimum atomic E-state index is 0.0490. The van der Waals surface area contributed by atoms with Crippen LogP contribution in [0.1, 0.15) is 26.2 Å². The van der Waals surface area contributed by atoms with Crippen LogP contribution >= 0.6 is 0 Å². The van der Waals surface area contributed by atoms with Crippen molar-refractivity contribution in [2.24, 2.45) is 11.8 Å². The molecule has 19 heavy (non-hydrogen) atoms. The summed E-state index contributed by atoms with van der Waals surface area (Å²) < 4.78 is 11.4. The summed E-state index contributed by atoms with van der Waals surface area (Å²) >= 11 is 0. The van der Waals surface area contributed by atoms with Gasteiger partial charge in [-0.05, 0) is 37.3 Å². The maximum atomic E-state index is 9.12. The molecule has 0 spiro atoms. The topological polar surface area (TPSA) is 42.2 Å². The number of nitriles is 1. The molecule has 0 aliphatic heterocycles. The molecule has 0 heterocycles. The zero-order chi connectivity index (χ0) is 13.5. The van der Waals surface area contributed by atoms with Gasteiger partial charge in [-0.25, -0.2) is 0 Å². The van der Waals surface area contributed by atoms with Gasteiger partial charge in [-0.1, -0.05) is 25.1 Å². The summed E-state index contributed by atoms with van der Waals surface area (Å²) in [6.07, 6.45) is 3.16. The van der Waals surface area contributed by atoms with Crippen LogP contribution in [0.3, 0.4) is 0 Å². The van der Waals surface area contributed by atoms with Crippen molar-refractivity contribution < 1.29 is 9.47 Å². The molecular formula is C16H21NO2. The van der Waals surface area contributed by atoms with E-state index in [0.717, 1.165) is 25.0 Å². The molecule has 102 valence electrons. The van der Waals surface area contributed by atoms with E-state index >= 15 is 0 Å². The minimum absolute atomic E-state index is 0.0490. The zero-order valence-electron chi connectivity index (χ0n) is 11.4. The summed E-state index contributed by atoms with van der Waals surface area (Å²) in [5, 5.41) is 9.12. The van der Waals surface area contributed by atoms with Gasteiger partial charge in [0.05, 0.1) is 24.7 Å². The third-order valence-electron chi connectivity index (χ3n) is 3.65. The maximum absolute atomic E-state index is 9.12. The third-order valence-corrected chi connectivity index (χ3v) is 3.65. The largest absolute Gasteiger partial charge is 0.491 e. The predicted octanol–water partition coefficient (Wildman–Crippen LogP) is 3.41. The summed E-state index contributed by atoms with van der Waals surface area (Å²) in [7, 11) is 0. The SMILES string of the molecule is CC1CCC(C#N)C(OCCOc2ccccc2)C1. The summed E-state index contributed by atoms with van der Waals surface area (Å²) in [6.45, 7) is 3.31. The van der Waals surface area contributed by atoms with Gasteiger partial charge in [0.1, 0.15) is 12.4 Å². The number of hydrogen-bond acceptors (Lipinski definition) is 3. The third kappa shape index (κ3) is 4.25. The highest BCUT2D eigenvalue weighted by molar-refractivity contribution is 5.20. The van der Waals surface area contributed by atoms with Crippen molar-refractivity contribution in [1.29, 1.82) is 5.26 Å². The van der Waals surface area contributed by atoms with E-state index < -0.39 is 0 Å². The number of rotatable bonds is 5. The van der Waals surface area contributed by atoms with E-state index in [1.807, 2.05) is 30.3 Å². The molecule has 3 nitrogen and oxygen atoms in total. The summed E-state index contributed by atoms with van der Waals surface area (Å²) in [5.74, 6) is 1.57. The van der Waals surface area contributed by atoms with Gasteiger partial charge < -0.3 is 9.47 Å². The van der Waals surface area contributed by atoms with Gasteiger partial charge in [0.25, 0.3) is 0 Å². The highest BCUT2D eigenvalue weighted by Gasteiger charge is 2.29. The van der Waals surface area contributed by atoms with Gasteiger partial charge in [-0.15, -0.1) is 0 Å². The molecule has 1 aliphatic carbocycles. The molecule has 0 bridgehead atoms. The lowest BCUT2D eigenvalue weighted by Crippen LogP contribution is -2.31. The number of ether oxygens (including phenoxy) is 2. The summed E-state index contributed by atoms with van der Waals surface area (Å²) in [5.41, 5.74) is 0. The molecular weight excluding hydrogens is 238 g/mol. The monoisotopic (exact) mass is 259 g/mol. The van der Waals surface area contributed by atoms with E-state index in [9.17, 15) is 0 Å². The molecule has 0 saturated heterocycles. The Morgan fingerprint density at radius 3 is 2.74 bits per heavy atom. The van der Waals surface area contributed by atoms with Crippen molar-refractivity contribution in [3.63, 3.8) is 0 Å². The molecule has 0 radical (unpaired) electrons. The smallest absolute Gasteiger partial charge is 0.119 e. The highest BCUT2D eigenvalue weighted by Crippen LogP contribution is 2.30. The standard InChI is InChI=1S/C16H21NO2/c1-13-7-8-14(12-17)16(11-13)19-10-9-18-15-5-3-2-4-6-15/h2-6,13-14,16H,7-11H2,1H3. The number of nitrogens with zero attached hydrogens (tertiary/aromatic N) is 1. The van der Waals surface area contributed by atoms with Gasteiger partial charge in [0, 0.05) is 0 Å². The van der Waals surface area contributed by atoms with E-state index in [1.54, 1.807) is 0 Å². The molecule has 0 amide bonds. The van der Waals surface area contributed by atoms with Crippen LogP contribution in [0.25, 0.3) is 0 Å². The first-order valence-corrected chi connectivity index (χ1v) is 6.98. The Labute approximate surface area is 115 Å². The first-order chi connectivity index (χ1) is 9.29. The van der Waals surface area contributed by atoms with Crippen LogP contribution in [0.4, 0.5) is 0 Å². The van der Waals surface area contributed by atoms with Crippen molar-refractivity contribution in [2.75, 3.05) is 13.2 Å². The van der Waals surface area contributed by atoms with E-state index in [1.165, 1.54) is 0 Å². The van der Waals surface area contributed by atoms with Gasteiger partial charge in [-0.3, -0.25) is 0 Å². The van der Waals surface area contributed by atoms with Crippen LogP contribution in [-0.2, 0) is 4.74 Å². The lowest BCUT2D eigenvalue weighted by atomic mass is 9.81. The fourth-order valence-electron chi connectivity index (χ4n) is 2.54. The normalized spacial score (nSPS) is 26.6. The molecule has 3 atom stereocenters. The molecule has 1 aromatic carbocycles. The first kappa shape index (κ1) is 13.9. The van der Waals surface area contributed by atoms with Crippen molar-refractivity contribution in [1.82, 2.24) is 0 Å².